The first-order valence-corrected chi connectivity index (χ1v) is 19.9. The van der Waals surface area contributed by atoms with Crippen molar-refractivity contribution < 1.29 is 33.2 Å². The van der Waals surface area contributed by atoms with Crippen LogP contribution in [0.4, 0.5) is 21.6 Å². The highest BCUT2D eigenvalue weighted by Gasteiger charge is 2.45. The zero-order chi connectivity index (χ0) is 41.5. The predicted octanol–water partition coefficient (Wildman–Crippen LogP) is 2.66. The number of fused-ring (bicyclic) bond motifs is 2. The van der Waals surface area contributed by atoms with Crippen molar-refractivity contribution in [3.05, 3.63) is 89.4 Å². The number of amides is 6. The van der Waals surface area contributed by atoms with Crippen molar-refractivity contribution in [2.45, 2.75) is 44.1 Å². The summed E-state index contributed by atoms with van der Waals surface area (Å²) in [5, 5.41) is 18.1. The largest absolute Gasteiger partial charge is 0.384 e. The van der Waals surface area contributed by atoms with Crippen molar-refractivity contribution in [2.24, 2.45) is 0 Å². The van der Waals surface area contributed by atoms with Crippen molar-refractivity contribution in [3.63, 3.8) is 0 Å². The molecule has 0 bridgehead atoms. The summed E-state index contributed by atoms with van der Waals surface area (Å²) in [6, 6.07) is 8.08. The van der Waals surface area contributed by atoms with Gasteiger partial charge in [-0.2, -0.15) is 5.10 Å². The number of nitrogens with one attached hydrogen (secondary N) is 5. The van der Waals surface area contributed by atoms with Crippen LogP contribution in [-0.4, -0.2) is 127 Å². The van der Waals surface area contributed by atoms with Gasteiger partial charge in [-0.3, -0.25) is 53.4 Å². The number of hydrogen-bond donors (Lipinski definition) is 5. The van der Waals surface area contributed by atoms with Gasteiger partial charge in [0.2, 0.25) is 17.7 Å². The number of carbonyl (C=O) groups excluding carboxylic acids is 6. The van der Waals surface area contributed by atoms with Gasteiger partial charge in [0.25, 0.3) is 17.7 Å². The van der Waals surface area contributed by atoms with E-state index in [2.05, 4.69) is 41.3 Å². The summed E-state index contributed by atoms with van der Waals surface area (Å²) in [4.78, 5) is 90.6. The molecule has 4 aliphatic rings. The second kappa shape index (κ2) is 16.0. The Hall–Kier alpha value is -7.02. The van der Waals surface area contributed by atoms with E-state index in [1.807, 2.05) is 10.6 Å². The summed E-state index contributed by atoms with van der Waals surface area (Å²) in [5.41, 5.74) is 4.20. The summed E-state index contributed by atoms with van der Waals surface area (Å²) in [7, 11) is 0. The Labute approximate surface area is 341 Å². The molecule has 2 saturated heterocycles. The quantitative estimate of drug-likeness (QED) is 0.108. The SMILES string of the molecule is O=C(CCNc1cccc2c1C(=O)N(C1CCC(=O)NC1=O)C2=O)NCCN1CCN(C(=O)c2ccc(Nc3nc(C4CC4)cn4c(-c5cn[nH]c5)cnc34)c(F)c2)CC1. The molecule has 9 rings (SSSR count). The minimum atomic E-state index is -1.07. The van der Waals surface area contributed by atoms with E-state index in [4.69, 9.17) is 4.98 Å². The zero-order valence-electron chi connectivity index (χ0n) is 32.4. The first-order valence-electron chi connectivity index (χ1n) is 19.9. The molecule has 3 aliphatic heterocycles. The maximum absolute atomic E-state index is 15.6. The van der Waals surface area contributed by atoms with E-state index < -0.39 is 35.5 Å². The van der Waals surface area contributed by atoms with Gasteiger partial charge in [0, 0.05) is 93.8 Å². The van der Waals surface area contributed by atoms with Crippen LogP contribution in [0.5, 0.6) is 0 Å². The number of halogens is 1. The molecule has 1 unspecified atom stereocenters. The molecule has 5 aromatic rings. The number of H-pyrrole nitrogens is 1. The maximum atomic E-state index is 15.6. The Morgan fingerprint density at radius 3 is 2.52 bits per heavy atom. The summed E-state index contributed by atoms with van der Waals surface area (Å²) in [6.45, 7) is 3.18. The summed E-state index contributed by atoms with van der Waals surface area (Å²) in [6.07, 6.45) is 9.45. The smallest absolute Gasteiger partial charge is 0.264 e. The van der Waals surface area contributed by atoms with Gasteiger partial charge in [0.1, 0.15) is 11.9 Å². The van der Waals surface area contributed by atoms with Crippen molar-refractivity contribution >= 4 is 58.3 Å². The van der Waals surface area contributed by atoms with E-state index in [0.29, 0.717) is 62.3 Å². The number of piperazine rings is 1. The molecule has 1 aliphatic carbocycles. The zero-order valence-corrected chi connectivity index (χ0v) is 32.4. The van der Waals surface area contributed by atoms with Gasteiger partial charge < -0.3 is 20.9 Å². The second-order valence-electron chi connectivity index (χ2n) is 15.3. The molecule has 3 aromatic heterocycles. The molecular weight excluding hydrogens is 776 g/mol. The maximum Gasteiger partial charge on any atom is 0.264 e. The van der Waals surface area contributed by atoms with Crippen molar-refractivity contribution in [3.8, 4) is 11.3 Å². The van der Waals surface area contributed by atoms with Crippen molar-refractivity contribution in [1.82, 2.24) is 49.9 Å². The third kappa shape index (κ3) is 7.54. The third-order valence-electron chi connectivity index (χ3n) is 11.3. The van der Waals surface area contributed by atoms with Crippen LogP contribution in [0.2, 0.25) is 0 Å². The van der Waals surface area contributed by atoms with E-state index in [0.717, 1.165) is 34.7 Å². The second-order valence-corrected chi connectivity index (χ2v) is 15.3. The van der Waals surface area contributed by atoms with Crippen molar-refractivity contribution in [2.75, 3.05) is 56.4 Å². The fraction of sp³-hybridized carbons (Fsp3) is 0.341. The number of hydrogen-bond acceptors (Lipinski definition) is 12. The number of aromatic nitrogens is 5. The summed E-state index contributed by atoms with van der Waals surface area (Å²) in [5.74, 6) is -2.67. The molecular formula is C41H41FN12O6. The number of benzene rings is 2. The molecule has 1 saturated carbocycles. The molecule has 2 aromatic carbocycles. The molecule has 3 fully saturated rings. The Morgan fingerprint density at radius 2 is 1.77 bits per heavy atom. The highest BCUT2D eigenvalue weighted by atomic mass is 19.1. The number of imide groups is 2. The van der Waals surface area contributed by atoms with Gasteiger partial charge in [-0.15, -0.1) is 0 Å². The fourth-order valence-electron chi connectivity index (χ4n) is 7.92. The predicted molar refractivity (Wildman–Crippen MR) is 214 cm³/mol. The lowest BCUT2D eigenvalue weighted by molar-refractivity contribution is -0.136. The number of anilines is 3. The average molecular weight is 817 g/mol. The van der Waals surface area contributed by atoms with Crippen LogP contribution < -0.4 is 21.3 Å². The fourth-order valence-corrected chi connectivity index (χ4v) is 7.92. The number of imidazole rings is 1. The average Bonchev–Trinajstić information content (AvgIpc) is 3.67. The van der Waals surface area contributed by atoms with Crippen LogP contribution in [0.25, 0.3) is 16.9 Å². The van der Waals surface area contributed by atoms with E-state index >= 15 is 4.39 Å². The first kappa shape index (κ1) is 38.5. The molecule has 1 atom stereocenters. The molecule has 6 heterocycles. The minimum absolute atomic E-state index is 0.0262. The van der Waals surface area contributed by atoms with Crippen LogP contribution in [0.3, 0.4) is 0 Å². The monoisotopic (exact) mass is 816 g/mol. The molecule has 0 spiro atoms. The first-order chi connectivity index (χ1) is 29.1. The van der Waals surface area contributed by atoms with Crippen LogP contribution >= 0.6 is 0 Å². The molecule has 19 heteroatoms. The third-order valence-corrected chi connectivity index (χ3v) is 11.3. The number of nitrogens with zero attached hydrogens (tertiary/aromatic N) is 7. The van der Waals surface area contributed by atoms with Crippen molar-refractivity contribution in [1.29, 1.82) is 0 Å². The normalized spacial score (nSPS) is 18.2. The van der Waals surface area contributed by atoms with Gasteiger partial charge in [-0.1, -0.05) is 6.07 Å². The Morgan fingerprint density at radius 1 is 0.933 bits per heavy atom. The number of aromatic amines is 1. The highest BCUT2D eigenvalue weighted by molar-refractivity contribution is 6.25. The van der Waals surface area contributed by atoms with E-state index in [1.165, 1.54) is 12.1 Å². The van der Waals surface area contributed by atoms with E-state index in [9.17, 15) is 28.8 Å². The highest BCUT2D eigenvalue weighted by Crippen LogP contribution is 2.40. The van der Waals surface area contributed by atoms with Crippen LogP contribution in [-0.2, 0) is 14.4 Å². The van der Waals surface area contributed by atoms with E-state index in [-0.39, 0.29) is 60.0 Å². The lowest BCUT2D eigenvalue weighted by atomic mass is 10.0. The topological polar surface area (TPSA) is 219 Å². The van der Waals surface area contributed by atoms with Gasteiger partial charge in [-0.05, 0) is 49.6 Å². The van der Waals surface area contributed by atoms with E-state index in [1.54, 1.807) is 47.8 Å². The lowest BCUT2D eigenvalue weighted by Gasteiger charge is -2.34. The van der Waals surface area contributed by atoms with Gasteiger partial charge in [0.05, 0.1) is 40.6 Å². The van der Waals surface area contributed by atoms with Gasteiger partial charge in [0.15, 0.2) is 11.5 Å². The molecule has 6 amide bonds. The summed E-state index contributed by atoms with van der Waals surface area (Å²) < 4.78 is 17.5. The number of rotatable bonds is 13. The Bertz CT molecular complexity index is 2550. The Kier molecular flexibility index (Phi) is 10.2. The Balaban J connectivity index is 0.732. The van der Waals surface area contributed by atoms with Gasteiger partial charge in [-0.25, -0.2) is 14.4 Å². The number of carbonyl (C=O) groups is 6. The lowest BCUT2D eigenvalue weighted by Crippen LogP contribution is -2.54. The number of piperidine rings is 1. The molecule has 5 N–H and O–H groups in total. The molecule has 308 valence electrons. The van der Waals surface area contributed by atoms with Crippen LogP contribution in [0.1, 0.15) is 74.8 Å². The molecule has 18 nitrogen and oxygen atoms in total. The molecule has 60 heavy (non-hydrogen) atoms. The van der Waals surface area contributed by atoms with Gasteiger partial charge >= 0.3 is 0 Å². The van der Waals surface area contributed by atoms with Crippen LogP contribution in [0.15, 0.2) is 61.2 Å². The minimum Gasteiger partial charge on any atom is -0.384 e. The summed E-state index contributed by atoms with van der Waals surface area (Å²) >= 11 is 0. The standard InChI is InChI=1S/C41H41FN12O6/c42-27-18-24(6-7-28(27)48-36-37-45-21-32(25-19-46-47-20-25)53(37)22-30(49-36)23-4-5-23)39(58)52-16-14-51(15-17-52)13-12-44-33(55)10-11-43-29-3-1-2-26-35(29)41(60)54(40(26)59)31-8-9-34(56)50-38(31)57/h1-3,6-7,18-23,31,43H,4-5,8-17H2,(H,44,55)(H,46,47)(H,48,49)(H,50,56,57). The van der Waals surface area contributed by atoms with Crippen LogP contribution in [0, 0.1) is 5.82 Å². The molecule has 0 radical (unpaired) electrons.